The van der Waals surface area contributed by atoms with Crippen molar-refractivity contribution in [1.29, 1.82) is 0 Å². The molecule has 1 rings (SSSR count). The molecule has 0 atom stereocenters. The van der Waals surface area contributed by atoms with Gasteiger partial charge in [-0.05, 0) is 33.6 Å². The summed E-state index contributed by atoms with van der Waals surface area (Å²) < 4.78 is 25.0. The van der Waals surface area contributed by atoms with E-state index in [1.165, 1.54) is 4.31 Å². The van der Waals surface area contributed by atoms with Crippen LogP contribution < -0.4 is 0 Å². The zero-order valence-electron chi connectivity index (χ0n) is 12.8. The Bertz CT molecular complexity index is 439. The summed E-state index contributed by atoms with van der Waals surface area (Å²) in [6.45, 7) is 5.95. The number of rotatable bonds is 5. The lowest BCUT2D eigenvalue weighted by molar-refractivity contribution is -0.141. The van der Waals surface area contributed by atoms with Gasteiger partial charge in [-0.25, -0.2) is 12.7 Å². The summed E-state index contributed by atoms with van der Waals surface area (Å²) in [5.41, 5.74) is -0.594. The lowest BCUT2D eigenvalue weighted by Crippen LogP contribution is -2.51. The van der Waals surface area contributed by atoms with E-state index in [0.717, 1.165) is 0 Å². The molecular weight excluding hydrogens is 280 g/mol. The van der Waals surface area contributed by atoms with Crippen LogP contribution in [0.1, 0.15) is 33.6 Å². The number of likely N-dealkylation sites (N-methyl/N-ethyl adjacent to an activating group) is 1. The fraction of sp³-hybridized carbons (Fsp3) is 0.923. The minimum atomic E-state index is -3.16. The van der Waals surface area contributed by atoms with Crippen molar-refractivity contribution in [2.24, 2.45) is 5.92 Å². The van der Waals surface area contributed by atoms with E-state index in [0.29, 0.717) is 25.9 Å². The SMILES string of the molecule is CCS(=O)(=O)N1CCC(C(=O)N(C)C(C)(C)CO)CC1. The van der Waals surface area contributed by atoms with Gasteiger partial charge >= 0.3 is 0 Å². The monoisotopic (exact) mass is 306 g/mol. The number of sulfonamides is 1. The summed E-state index contributed by atoms with van der Waals surface area (Å²) in [7, 11) is -1.47. The Kier molecular flexibility index (Phi) is 5.57. The number of hydrogen-bond acceptors (Lipinski definition) is 4. The molecule has 0 spiro atoms. The van der Waals surface area contributed by atoms with Gasteiger partial charge in [0.05, 0.1) is 17.9 Å². The third kappa shape index (κ3) is 3.71. The number of carbonyl (C=O) groups is 1. The second-order valence-corrected chi connectivity index (χ2v) is 8.20. The summed E-state index contributed by atoms with van der Waals surface area (Å²) in [5, 5.41) is 9.31. The first-order chi connectivity index (χ1) is 9.15. The average molecular weight is 306 g/mol. The highest BCUT2D eigenvalue weighted by Gasteiger charge is 2.35. The Labute approximate surface area is 121 Å². The Morgan fingerprint density at radius 3 is 2.25 bits per heavy atom. The van der Waals surface area contributed by atoms with Gasteiger partial charge in [-0.3, -0.25) is 4.79 Å². The third-order valence-corrected chi connectivity index (χ3v) is 6.07. The second-order valence-electron chi connectivity index (χ2n) is 5.94. The Morgan fingerprint density at radius 1 is 1.35 bits per heavy atom. The summed E-state index contributed by atoms with van der Waals surface area (Å²) in [6, 6.07) is 0. The lowest BCUT2D eigenvalue weighted by Gasteiger charge is -2.38. The van der Waals surface area contributed by atoms with E-state index >= 15 is 0 Å². The molecule has 1 aliphatic rings. The molecular formula is C13H26N2O4S. The first-order valence-corrected chi connectivity index (χ1v) is 8.63. The highest BCUT2D eigenvalue weighted by Crippen LogP contribution is 2.24. The van der Waals surface area contributed by atoms with Crippen molar-refractivity contribution in [3.63, 3.8) is 0 Å². The maximum atomic E-state index is 12.4. The van der Waals surface area contributed by atoms with Crippen LogP contribution in [-0.4, -0.2) is 66.7 Å². The summed E-state index contributed by atoms with van der Waals surface area (Å²) in [4.78, 5) is 13.9. The molecule has 0 bridgehead atoms. The topological polar surface area (TPSA) is 77.9 Å². The zero-order chi connectivity index (χ0) is 15.6. The van der Waals surface area contributed by atoms with Gasteiger partial charge in [0.15, 0.2) is 0 Å². The van der Waals surface area contributed by atoms with E-state index in [2.05, 4.69) is 0 Å². The zero-order valence-corrected chi connectivity index (χ0v) is 13.6. The van der Waals surface area contributed by atoms with Crippen LogP contribution in [0.3, 0.4) is 0 Å². The van der Waals surface area contributed by atoms with Crippen molar-refractivity contribution >= 4 is 15.9 Å². The predicted molar refractivity (Wildman–Crippen MR) is 77.7 cm³/mol. The molecule has 1 amide bonds. The van der Waals surface area contributed by atoms with Crippen molar-refractivity contribution in [3.8, 4) is 0 Å². The molecule has 0 saturated carbocycles. The maximum Gasteiger partial charge on any atom is 0.226 e. The van der Waals surface area contributed by atoms with Crippen molar-refractivity contribution in [2.45, 2.75) is 39.2 Å². The summed E-state index contributed by atoms with van der Waals surface area (Å²) in [6.07, 6.45) is 1.09. The third-order valence-electron chi connectivity index (χ3n) is 4.19. The molecule has 1 saturated heterocycles. The second kappa shape index (κ2) is 6.41. The standard InChI is InChI=1S/C13H26N2O4S/c1-5-20(18,19)15-8-6-11(7-9-15)12(17)14(4)13(2,3)10-16/h11,16H,5-10H2,1-4H3. The molecule has 0 unspecified atom stereocenters. The van der Waals surface area contributed by atoms with Crippen LogP contribution in [0.2, 0.25) is 0 Å². The lowest BCUT2D eigenvalue weighted by atomic mass is 9.94. The fourth-order valence-corrected chi connectivity index (χ4v) is 3.37. The van der Waals surface area contributed by atoms with Crippen LogP contribution in [-0.2, 0) is 14.8 Å². The number of aliphatic hydroxyl groups is 1. The van der Waals surface area contributed by atoms with E-state index in [1.807, 2.05) is 13.8 Å². The fourth-order valence-electron chi connectivity index (χ4n) is 2.24. The molecule has 1 aliphatic heterocycles. The first-order valence-electron chi connectivity index (χ1n) is 7.02. The van der Waals surface area contributed by atoms with Gasteiger partial charge in [-0.1, -0.05) is 0 Å². The molecule has 20 heavy (non-hydrogen) atoms. The van der Waals surface area contributed by atoms with Gasteiger partial charge in [0.1, 0.15) is 0 Å². The highest BCUT2D eigenvalue weighted by atomic mass is 32.2. The van der Waals surface area contributed by atoms with Crippen LogP contribution in [0.4, 0.5) is 0 Å². The van der Waals surface area contributed by atoms with E-state index in [9.17, 15) is 18.3 Å². The van der Waals surface area contributed by atoms with Crippen LogP contribution in [0.5, 0.6) is 0 Å². The molecule has 0 aliphatic carbocycles. The number of aliphatic hydroxyl groups excluding tert-OH is 1. The normalized spacial score (nSPS) is 19.1. The van der Waals surface area contributed by atoms with Crippen LogP contribution in [0.25, 0.3) is 0 Å². The number of hydrogen-bond donors (Lipinski definition) is 1. The number of amides is 1. The molecule has 1 heterocycles. The van der Waals surface area contributed by atoms with Gasteiger partial charge in [0.25, 0.3) is 0 Å². The van der Waals surface area contributed by atoms with Gasteiger partial charge in [0, 0.05) is 26.1 Å². The van der Waals surface area contributed by atoms with Gasteiger partial charge in [-0.2, -0.15) is 0 Å². The largest absolute Gasteiger partial charge is 0.394 e. The molecule has 0 aromatic carbocycles. The van der Waals surface area contributed by atoms with Crippen molar-refractivity contribution in [3.05, 3.63) is 0 Å². The van der Waals surface area contributed by atoms with Crippen LogP contribution in [0, 0.1) is 5.92 Å². The maximum absolute atomic E-state index is 12.4. The van der Waals surface area contributed by atoms with E-state index in [-0.39, 0.29) is 24.2 Å². The number of nitrogens with zero attached hydrogens (tertiary/aromatic N) is 2. The predicted octanol–water partition coefficient (Wildman–Crippen LogP) is 0.277. The minimum absolute atomic E-state index is 0.0161. The first kappa shape index (κ1) is 17.4. The van der Waals surface area contributed by atoms with E-state index < -0.39 is 15.6 Å². The van der Waals surface area contributed by atoms with Crippen molar-refractivity contribution in [1.82, 2.24) is 9.21 Å². The van der Waals surface area contributed by atoms with Crippen LogP contribution >= 0.6 is 0 Å². The van der Waals surface area contributed by atoms with Crippen molar-refractivity contribution in [2.75, 3.05) is 32.5 Å². The Balaban J connectivity index is 2.64. The molecule has 7 heteroatoms. The summed E-state index contributed by atoms with van der Waals surface area (Å²) in [5.74, 6) is -0.0741. The molecule has 6 nitrogen and oxygen atoms in total. The van der Waals surface area contributed by atoms with Gasteiger partial charge < -0.3 is 10.0 Å². The number of piperidine rings is 1. The molecule has 1 N–H and O–H groups in total. The van der Waals surface area contributed by atoms with Crippen molar-refractivity contribution < 1.29 is 18.3 Å². The molecule has 0 aromatic heterocycles. The Hall–Kier alpha value is -0.660. The van der Waals surface area contributed by atoms with Gasteiger partial charge in [0.2, 0.25) is 15.9 Å². The minimum Gasteiger partial charge on any atom is -0.394 e. The van der Waals surface area contributed by atoms with E-state index in [1.54, 1.807) is 18.9 Å². The average Bonchev–Trinajstić information content (AvgIpc) is 2.45. The highest BCUT2D eigenvalue weighted by molar-refractivity contribution is 7.89. The van der Waals surface area contributed by atoms with Crippen LogP contribution in [0.15, 0.2) is 0 Å². The Morgan fingerprint density at radius 2 is 1.85 bits per heavy atom. The smallest absolute Gasteiger partial charge is 0.226 e. The summed E-state index contributed by atoms with van der Waals surface area (Å²) >= 11 is 0. The molecule has 118 valence electrons. The van der Waals surface area contributed by atoms with E-state index in [4.69, 9.17) is 0 Å². The molecule has 1 fully saturated rings. The van der Waals surface area contributed by atoms with Gasteiger partial charge in [-0.15, -0.1) is 0 Å². The molecule has 0 radical (unpaired) electrons. The number of carbonyl (C=O) groups excluding carboxylic acids is 1. The quantitative estimate of drug-likeness (QED) is 0.791. The molecule has 0 aromatic rings.